The third-order valence-electron chi connectivity index (χ3n) is 5.32. The number of hydrogen-bond donors (Lipinski definition) is 0. The quantitative estimate of drug-likeness (QED) is 0.812. The summed E-state index contributed by atoms with van der Waals surface area (Å²) in [6, 6.07) is 8.93. The lowest BCUT2D eigenvalue weighted by Gasteiger charge is -2.36. The molecule has 2 amide bonds. The Kier molecular flexibility index (Phi) is 4.55. The van der Waals surface area contributed by atoms with E-state index >= 15 is 0 Å². The second-order valence-electron chi connectivity index (χ2n) is 7.01. The number of piperidine rings is 1. The lowest BCUT2D eigenvalue weighted by molar-refractivity contribution is 0.0573. The highest BCUT2D eigenvalue weighted by Gasteiger charge is 2.39. The van der Waals surface area contributed by atoms with Crippen LogP contribution in [0.15, 0.2) is 42.9 Å². The second kappa shape index (κ2) is 7.16. The molecule has 1 aromatic heterocycles. The molecule has 3 saturated heterocycles. The molecule has 5 rings (SSSR count). The molecule has 1 aromatic carbocycles. The Morgan fingerprint density at radius 2 is 1.93 bits per heavy atom. The normalized spacial score (nSPS) is 21.4. The summed E-state index contributed by atoms with van der Waals surface area (Å²) in [7, 11) is 0. The number of carbonyl (C=O) groups is 2. The van der Waals surface area contributed by atoms with Crippen LogP contribution in [0.25, 0.3) is 0 Å². The van der Waals surface area contributed by atoms with Crippen LogP contribution in [0.2, 0.25) is 0 Å². The van der Waals surface area contributed by atoms with Gasteiger partial charge in [0.05, 0.1) is 23.4 Å². The molecule has 7 heteroatoms. The average molecular weight is 361 g/mol. The molecular weight excluding hydrogens is 342 g/mol. The molecule has 0 N–H and O–H groups in total. The summed E-state index contributed by atoms with van der Waals surface area (Å²) < 4.78 is 0. The first-order chi connectivity index (χ1) is 13.2. The van der Waals surface area contributed by atoms with Crippen LogP contribution in [0.5, 0.6) is 0 Å². The van der Waals surface area contributed by atoms with E-state index in [1.807, 2.05) is 4.90 Å². The van der Waals surface area contributed by atoms with E-state index in [0.717, 1.165) is 12.8 Å². The number of amides is 2. The smallest absolute Gasteiger partial charge is 0.274 e. The summed E-state index contributed by atoms with van der Waals surface area (Å²) in [6.45, 7) is 1.69. The summed E-state index contributed by atoms with van der Waals surface area (Å²) in [5.41, 5.74) is 1.14. The van der Waals surface area contributed by atoms with Crippen molar-refractivity contribution in [3.8, 4) is 6.07 Å². The maximum Gasteiger partial charge on any atom is 0.274 e. The molecule has 3 aliphatic heterocycles. The molecule has 0 saturated carbocycles. The fourth-order valence-corrected chi connectivity index (χ4v) is 3.99. The van der Waals surface area contributed by atoms with Crippen molar-refractivity contribution in [2.75, 3.05) is 19.6 Å². The van der Waals surface area contributed by atoms with Crippen LogP contribution >= 0.6 is 0 Å². The Balaban J connectivity index is 1.58. The molecule has 136 valence electrons. The molecule has 2 aromatic rings. The molecule has 2 atom stereocenters. The Labute approximate surface area is 157 Å². The van der Waals surface area contributed by atoms with E-state index in [0.29, 0.717) is 36.5 Å². The number of nitrogens with zero attached hydrogens (tertiary/aromatic N) is 5. The van der Waals surface area contributed by atoms with Crippen LogP contribution in [-0.2, 0) is 0 Å². The Hall–Kier alpha value is -3.27. The summed E-state index contributed by atoms with van der Waals surface area (Å²) in [6.07, 6.45) is 6.36. The molecule has 2 bridgehead atoms. The zero-order valence-corrected chi connectivity index (χ0v) is 14.8. The lowest BCUT2D eigenvalue weighted by Crippen LogP contribution is -2.48. The minimum absolute atomic E-state index is 0.0522. The van der Waals surface area contributed by atoms with E-state index < -0.39 is 0 Å². The van der Waals surface area contributed by atoms with Gasteiger partial charge < -0.3 is 9.80 Å². The summed E-state index contributed by atoms with van der Waals surface area (Å²) in [4.78, 5) is 37.6. The molecular formula is C20H19N5O2. The number of nitriles is 1. The number of hydrogen-bond acceptors (Lipinski definition) is 5. The first-order valence-corrected chi connectivity index (χ1v) is 9.02. The predicted molar refractivity (Wildman–Crippen MR) is 96.6 cm³/mol. The zero-order valence-electron chi connectivity index (χ0n) is 14.8. The molecule has 0 unspecified atom stereocenters. The van der Waals surface area contributed by atoms with Gasteiger partial charge in [0.15, 0.2) is 0 Å². The Bertz CT molecular complexity index is 908. The highest BCUT2D eigenvalue weighted by Crippen LogP contribution is 2.30. The minimum Gasteiger partial charge on any atom is -0.335 e. The van der Waals surface area contributed by atoms with Gasteiger partial charge in [0.2, 0.25) is 0 Å². The van der Waals surface area contributed by atoms with Crippen molar-refractivity contribution in [3.63, 3.8) is 0 Å². The standard InChI is InChI=1S/C20H19N5O2/c21-9-15-3-1-2-4-17(15)19(26)25-12-14-5-6-16(25)13-24(11-14)20(27)18-10-22-7-8-23-18/h1-4,7-8,10,14,16H,5-6,11-13H2/t14-,16+/m1/s1. The lowest BCUT2D eigenvalue weighted by atomic mass is 9.94. The number of rotatable bonds is 2. The van der Waals surface area contributed by atoms with Crippen LogP contribution in [0, 0.1) is 17.2 Å². The summed E-state index contributed by atoms with van der Waals surface area (Å²) in [5.74, 6) is -0.0510. The Morgan fingerprint density at radius 3 is 2.70 bits per heavy atom. The van der Waals surface area contributed by atoms with Gasteiger partial charge in [-0.15, -0.1) is 0 Å². The monoisotopic (exact) mass is 361 g/mol. The fourth-order valence-electron chi connectivity index (χ4n) is 3.99. The van der Waals surface area contributed by atoms with Crippen molar-refractivity contribution in [2.45, 2.75) is 18.9 Å². The van der Waals surface area contributed by atoms with Crippen molar-refractivity contribution >= 4 is 11.8 Å². The largest absolute Gasteiger partial charge is 0.335 e. The van der Waals surface area contributed by atoms with Gasteiger partial charge in [-0.1, -0.05) is 12.1 Å². The molecule has 0 spiro atoms. The first-order valence-electron chi connectivity index (χ1n) is 9.02. The highest BCUT2D eigenvalue weighted by molar-refractivity contribution is 5.97. The maximum atomic E-state index is 13.1. The van der Waals surface area contributed by atoms with E-state index in [4.69, 9.17) is 0 Å². The van der Waals surface area contributed by atoms with Gasteiger partial charge in [-0.3, -0.25) is 14.6 Å². The topological polar surface area (TPSA) is 90.2 Å². The summed E-state index contributed by atoms with van der Waals surface area (Å²) in [5, 5.41) is 9.31. The first kappa shape index (κ1) is 17.2. The Morgan fingerprint density at radius 1 is 1.07 bits per heavy atom. The van der Waals surface area contributed by atoms with Gasteiger partial charge in [-0.25, -0.2) is 4.98 Å². The van der Waals surface area contributed by atoms with Crippen LogP contribution in [-0.4, -0.2) is 57.3 Å². The summed E-state index contributed by atoms with van der Waals surface area (Å²) >= 11 is 0. The van der Waals surface area contributed by atoms with Crippen molar-refractivity contribution in [3.05, 3.63) is 59.7 Å². The third kappa shape index (κ3) is 3.26. The predicted octanol–water partition coefficient (Wildman–Crippen LogP) is 1.73. The number of carbonyl (C=O) groups excluding carboxylic acids is 2. The van der Waals surface area contributed by atoms with Gasteiger partial charge >= 0.3 is 0 Å². The van der Waals surface area contributed by atoms with Gasteiger partial charge in [0.25, 0.3) is 11.8 Å². The minimum atomic E-state index is -0.147. The van der Waals surface area contributed by atoms with Crippen molar-refractivity contribution in [2.24, 2.45) is 5.92 Å². The number of benzene rings is 1. The van der Waals surface area contributed by atoms with E-state index in [9.17, 15) is 14.9 Å². The molecule has 3 aliphatic rings. The van der Waals surface area contributed by atoms with E-state index in [2.05, 4.69) is 16.0 Å². The van der Waals surface area contributed by atoms with Crippen molar-refractivity contribution in [1.82, 2.24) is 19.8 Å². The third-order valence-corrected chi connectivity index (χ3v) is 5.32. The number of fused-ring (bicyclic) bond motifs is 4. The van der Waals surface area contributed by atoms with Crippen LogP contribution in [0.1, 0.15) is 39.3 Å². The number of aromatic nitrogens is 2. The highest BCUT2D eigenvalue weighted by atomic mass is 16.2. The maximum absolute atomic E-state index is 13.1. The zero-order chi connectivity index (χ0) is 18.8. The van der Waals surface area contributed by atoms with Gasteiger partial charge in [0.1, 0.15) is 5.69 Å². The van der Waals surface area contributed by atoms with E-state index in [1.54, 1.807) is 29.2 Å². The van der Waals surface area contributed by atoms with Gasteiger partial charge in [-0.05, 0) is 30.9 Å². The van der Waals surface area contributed by atoms with Gasteiger partial charge in [-0.2, -0.15) is 5.26 Å². The van der Waals surface area contributed by atoms with E-state index in [-0.39, 0.29) is 23.8 Å². The molecule has 27 heavy (non-hydrogen) atoms. The van der Waals surface area contributed by atoms with Crippen molar-refractivity contribution in [1.29, 1.82) is 5.26 Å². The molecule has 0 radical (unpaired) electrons. The van der Waals surface area contributed by atoms with E-state index in [1.165, 1.54) is 18.6 Å². The molecule has 4 heterocycles. The molecule has 3 fully saturated rings. The molecule has 0 aliphatic carbocycles. The van der Waals surface area contributed by atoms with Crippen molar-refractivity contribution < 1.29 is 9.59 Å². The van der Waals surface area contributed by atoms with Gasteiger partial charge in [0, 0.05) is 38.1 Å². The SMILES string of the molecule is N#Cc1ccccc1C(=O)N1C[C@@H]2CC[C@H]1CN(C(=O)c1cnccn1)C2. The van der Waals surface area contributed by atoms with Crippen LogP contribution in [0.3, 0.4) is 0 Å². The molecule has 7 nitrogen and oxygen atoms in total. The second-order valence-corrected chi connectivity index (χ2v) is 7.01. The average Bonchev–Trinajstić information content (AvgIpc) is 3.05. The van der Waals surface area contributed by atoms with Crippen LogP contribution in [0.4, 0.5) is 0 Å². The van der Waals surface area contributed by atoms with Crippen LogP contribution < -0.4 is 0 Å². The fraction of sp³-hybridized carbons (Fsp3) is 0.350.